The fraction of sp³-hybridized carbons (Fsp3) is 0.381. The molecule has 1 saturated carbocycles. The Bertz CT molecular complexity index is 1150. The molecule has 3 aromatic rings. The molecule has 0 saturated heterocycles. The Kier molecular flexibility index (Phi) is 5.46. The van der Waals surface area contributed by atoms with Gasteiger partial charge in [-0.15, -0.1) is 0 Å². The molecule has 1 aromatic carbocycles. The van der Waals surface area contributed by atoms with E-state index in [4.69, 9.17) is 0 Å². The van der Waals surface area contributed by atoms with Crippen molar-refractivity contribution in [3.63, 3.8) is 0 Å². The number of H-pyrrole nitrogens is 1. The molecule has 0 spiro atoms. The fourth-order valence-electron chi connectivity index (χ4n) is 3.77. The van der Waals surface area contributed by atoms with Crippen LogP contribution in [0.2, 0.25) is 0 Å². The molecular weight excluding hydrogens is 400 g/mol. The van der Waals surface area contributed by atoms with E-state index in [1.165, 1.54) is 0 Å². The van der Waals surface area contributed by atoms with E-state index in [0.717, 1.165) is 42.8 Å². The van der Waals surface area contributed by atoms with Crippen LogP contribution in [0.15, 0.2) is 41.4 Å². The van der Waals surface area contributed by atoms with Gasteiger partial charge >= 0.3 is 0 Å². The molecule has 0 unspecified atom stereocenters. The molecule has 4 rings (SSSR count). The van der Waals surface area contributed by atoms with Gasteiger partial charge in [-0.2, -0.15) is 10.1 Å². The van der Waals surface area contributed by atoms with Crippen LogP contribution >= 0.6 is 0 Å². The number of benzene rings is 1. The van der Waals surface area contributed by atoms with Gasteiger partial charge in [0.2, 0.25) is 5.95 Å². The number of aromatic amines is 1. The van der Waals surface area contributed by atoms with E-state index in [1.54, 1.807) is 30.5 Å². The maximum atomic E-state index is 12.9. The zero-order valence-electron chi connectivity index (χ0n) is 17.4. The van der Waals surface area contributed by atoms with Gasteiger partial charge in [0.15, 0.2) is 15.7 Å². The molecule has 0 amide bonds. The summed E-state index contributed by atoms with van der Waals surface area (Å²) in [7, 11) is -1.42. The molecule has 158 valence electrons. The molecule has 0 aliphatic heterocycles. The average Bonchev–Trinajstić information content (AvgIpc) is 3.39. The number of nitrogens with zero attached hydrogens (tertiary/aromatic N) is 4. The molecule has 1 aliphatic carbocycles. The summed E-state index contributed by atoms with van der Waals surface area (Å²) in [6.07, 6.45) is 5.10. The lowest BCUT2D eigenvalue weighted by atomic mass is 10.2. The molecule has 0 radical (unpaired) electrons. The highest BCUT2D eigenvalue weighted by molar-refractivity contribution is 7.92. The van der Waals surface area contributed by atoms with Crippen LogP contribution in [0.3, 0.4) is 0 Å². The van der Waals surface area contributed by atoms with Gasteiger partial charge in [-0.05, 0) is 51.0 Å². The van der Waals surface area contributed by atoms with Crippen LogP contribution in [0, 0.1) is 13.8 Å². The van der Waals surface area contributed by atoms with Crippen LogP contribution in [0.4, 0.5) is 23.3 Å². The van der Waals surface area contributed by atoms with Crippen molar-refractivity contribution in [2.24, 2.45) is 0 Å². The number of sulfone groups is 1. The van der Waals surface area contributed by atoms with E-state index in [1.807, 2.05) is 31.9 Å². The zero-order chi connectivity index (χ0) is 21.3. The van der Waals surface area contributed by atoms with Gasteiger partial charge in [0.05, 0.1) is 10.1 Å². The first-order chi connectivity index (χ1) is 14.4. The van der Waals surface area contributed by atoms with Crippen molar-refractivity contribution >= 4 is 33.1 Å². The van der Waals surface area contributed by atoms with E-state index in [9.17, 15) is 8.42 Å². The summed E-state index contributed by atoms with van der Waals surface area (Å²) in [6, 6.07) is 8.68. The number of anilines is 4. The minimum atomic E-state index is -3.31. The predicted octanol–water partition coefficient (Wildman–Crippen LogP) is 4.04. The number of nitrogens with one attached hydrogen (secondary N) is 2. The molecule has 9 heteroatoms. The third kappa shape index (κ3) is 3.89. The third-order valence-electron chi connectivity index (χ3n) is 5.69. The lowest BCUT2D eigenvalue weighted by Gasteiger charge is -2.17. The number of rotatable bonds is 6. The molecule has 2 N–H and O–H groups in total. The first-order valence-electron chi connectivity index (χ1n) is 10.1. The summed E-state index contributed by atoms with van der Waals surface area (Å²) in [5, 5.41) is 10.2. The largest absolute Gasteiger partial charge is 0.324 e. The predicted molar refractivity (Wildman–Crippen MR) is 117 cm³/mol. The van der Waals surface area contributed by atoms with Crippen LogP contribution < -0.4 is 10.2 Å². The summed E-state index contributed by atoms with van der Waals surface area (Å²) in [4.78, 5) is 11.1. The lowest BCUT2D eigenvalue weighted by molar-refractivity contribution is 0.579. The molecule has 1 fully saturated rings. The van der Waals surface area contributed by atoms with Gasteiger partial charge in [-0.3, -0.25) is 5.10 Å². The average molecular weight is 427 g/mol. The molecule has 2 aromatic heterocycles. The Morgan fingerprint density at radius 3 is 2.63 bits per heavy atom. The van der Waals surface area contributed by atoms with E-state index >= 15 is 0 Å². The van der Waals surface area contributed by atoms with Crippen molar-refractivity contribution < 1.29 is 8.42 Å². The summed E-state index contributed by atoms with van der Waals surface area (Å²) in [6.45, 7) is 3.97. The van der Waals surface area contributed by atoms with Crippen molar-refractivity contribution in [3.8, 4) is 0 Å². The highest BCUT2D eigenvalue weighted by atomic mass is 32.2. The Morgan fingerprint density at radius 1 is 1.17 bits per heavy atom. The van der Waals surface area contributed by atoms with E-state index in [0.29, 0.717) is 22.3 Å². The van der Waals surface area contributed by atoms with Gasteiger partial charge in [0.1, 0.15) is 5.82 Å². The maximum Gasteiger partial charge on any atom is 0.229 e. The molecule has 1 aliphatic rings. The van der Waals surface area contributed by atoms with Gasteiger partial charge in [0.25, 0.3) is 0 Å². The molecule has 30 heavy (non-hydrogen) atoms. The Balaban J connectivity index is 1.57. The van der Waals surface area contributed by atoms with Crippen LogP contribution in [-0.2, 0) is 9.84 Å². The van der Waals surface area contributed by atoms with Crippen LogP contribution in [0.5, 0.6) is 0 Å². The SMILES string of the molecule is Cc1[nH]nc(N(C)c2ccnc(Nc3cccc(S(=O)(=O)C4CCCC4)c3)n2)c1C. The molecule has 8 nitrogen and oxygen atoms in total. The number of aromatic nitrogens is 4. The van der Waals surface area contributed by atoms with Crippen molar-refractivity contribution in [1.29, 1.82) is 0 Å². The van der Waals surface area contributed by atoms with E-state index in [2.05, 4.69) is 25.5 Å². The van der Waals surface area contributed by atoms with Crippen molar-refractivity contribution in [1.82, 2.24) is 20.2 Å². The summed E-state index contributed by atoms with van der Waals surface area (Å²) >= 11 is 0. The smallest absolute Gasteiger partial charge is 0.229 e. The van der Waals surface area contributed by atoms with E-state index in [-0.39, 0.29) is 5.25 Å². The zero-order valence-corrected chi connectivity index (χ0v) is 18.2. The summed E-state index contributed by atoms with van der Waals surface area (Å²) in [5.74, 6) is 1.86. The lowest BCUT2D eigenvalue weighted by Crippen LogP contribution is -2.17. The topological polar surface area (TPSA) is 104 Å². The number of aryl methyl sites for hydroxylation is 1. The minimum absolute atomic E-state index is 0.276. The number of hydrogen-bond donors (Lipinski definition) is 2. The maximum absolute atomic E-state index is 12.9. The molecule has 0 atom stereocenters. The second-order valence-electron chi connectivity index (χ2n) is 7.70. The normalized spacial score (nSPS) is 14.8. The molecular formula is C21H26N6O2S. The van der Waals surface area contributed by atoms with Gasteiger partial charge in [-0.25, -0.2) is 13.4 Å². The van der Waals surface area contributed by atoms with Crippen molar-refractivity contribution in [2.45, 2.75) is 49.7 Å². The third-order valence-corrected chi connectivity index (χ3v) is 7.95. The Hall–Kier alpha value is -2.94. The molecule has 0 bridgehead atoms. The van der Waals surface area contributed by atoms with Crippen LogP contribution in [0.25, 0.3) is 0 Å². The van der Waals surface area contributed by atoms with Crippen molar-refractivity contribution in [3.05, 3.63) is 47.8 Å². The monoisotopic (exact) mass is 426 g/mol. The highest BCUT2D eigenvalue weighted by Gasteiger charge is 2.30. The summed E-state index contributed by atoms with van der Waals surface area (Å²) in [5.41, 5.74) is 2.70. The number of hydrogen-bond acceptors (Lipinski definition) is 7. The highest BCUT2D eigenvalue weighted by Crippen LogP contribution is 2.31. The molecule has 2 heterocycles. The second kappa shape index (κ2) is 8.06. The first kappa shape index (κ1) is 20.3. The Morgan fingerprint density at radius 2 is 1.93 bits per heavy atom. The fourth-order valence-corrected chi connectivity index (χ4v) is 5.67. The van der Waals surface area contributed by atoms with Gasteiger partial charge in [-0.1, -0.05) is 18.9 Å². The van der Waals surface area contributed by atoms with Crippen LogP contribution in [-0.4, -0.2) is 40.9 Å². The quantitative estimate of drug-likeness (QED) is 0.613. The standard InChI is InChI=1S/C21H26N6O2S/c1-14-15(2)25-26-20(14)27(3)19-11-12-22-21(24-19)23-16-7-6-10-18(13-16)30(28,29)17-8-4-5-9-17/h6-7,10-13,17H,4-5,8-9H2,1-3H3,(H,25,26)(H,22,23,24). The Labute approximate surface area is 176 Å². The minimum Gasteiger partial charge on any atom is -0.324 e. The van der Waals surface area contributed by atoms with Gasteiger partial charge < -0.3 is 10.2 Å². The second-order valence-corrected chi connectivity index (χ2v) is 9.93. The summed E-state index contributed by atoms with van der Waals surface area (Å²) < 4.78 is 25.8. The van der Waals surface area contributed by atoms with Crippen molar-refractivity contribution in [2.75, 3.05) is 17.3 Å². The van der Waals surface area contributed by atoms with Crippen LogP contribution in [0.1, 0.15) is 36.9 Å². The first-order valence-corrected chi connectivity index (χ1v) is 11.6. The van der Waals surface area contributed by atoms with Gasteiger partial charge in [0, 0.05) is 30.2 Å². The van der Waals surface area contributed by atoms with E-state index < -0.39 is 9.84 Å².